The van der Waals surface area contributed by atoms with Crippen LogP contribution in [0.2, 0.25) is 0 Å². The predicted octanol–water partition coefficient (Wildman–Crippen LogP) is 2.72. The summed E-state index contributed by atoms with van der Waals surface area (Å²) in [5.74, 6) is -2.27. The second kappa shape index (κ2) is 4.96. The average molecular weight is 259 g/mol. The largest absolute Gasteiger partial charge is 0.573 e. The van der Waals surface area contributed by atoms with E-state index >= 15 is 0 Å². The minimum absolute atomic E-state index is 0.272. The van der Waals surface area contributed by atoms with Crippen molar-refractivity contribution in [3.05, 3.63) is 28.8 Å². The summed E-state index contributed by atoms with van der Waals surface area (Å²) < 4.78 is 39.9. The van der Waals surface area contributed by atoms with E-state index in [4.69, 9.17) is 10.4 Å². The molecule has 0 unspecified atom stereocenters. The van der Waals surface area contributed by atoms with Gasteiger partial charge in [0.25, 0.3) is 0 Å². The van der Waals surface area contributed by atoms with Crippen molar-refractivity contribution in [2.75, 3.05) is 0 Å². The van der Waals surface area contributed by atoms with Crippen LogP contribution in [0.3, 0.4) is 0 Å². The van der Waals surface area contributed by atoms with E-state index in [1.165, 1.54) is 12.1 Å². The fourth-order valence-electron chi connectivity index (χ4n) is 1.49. The summed E-state index contributed by atoms with van der Waals surface area (Å²) in [5, 5.41) is 17.7. The lowest BCUT2D eigenvalue weighted by Crippen LogP contribution is -2.19. The summed E-state index contributed by atoms with van der Waals surface area (Å²) in [7, 11) is 0. The highest BCUT2D eigenvalue weighted by atomic mass is 19.4. The number of hydrogen-bond donors (Lipinski definition) is 1. The van der Waals surface area contributed by atoms with Gasteiger partial charge in [0.15, 0.2) is 0 Å². The van der Waals surface area contributed by atoms with Crippen molar-refractivity contribution < 1.29 is 27.8 Å². The van der Waals surface area contributed by atoms with Crippen molar-refractivity contribution in [2.45, 2.75) is 19.7 Å². The number of benzene rings is 1. The lowest BCUT2D eigenvalue weighted by molar-refractivity contribution is -0.274. The Morgan fingerprint density at radius 3 is 2.50 bits per heavy atom. The number of rotatable bonds is 3. The van der Waals surface area contributed by atoms with E-state index in [0.717, 1.165) is 6.07 Å². The Labute approximate surface area is 100 Å². The molecular weight excluding hydrogens is 251 g/mol. The van der Waals surface area contributed by atoms with E-state index in [2.05, 4.69) is 4.74 Å². The van der Waals surface area contributed by atoms with E-state index in [-0.39, 0.29) is 12.0 Å². The van der Waals surface area contributed by atoms with Crippen LogP contribution in [-0.2, 0) is 6.42 Å². The summed E-state index contributed by atoms with van der Waals surface area (Å²) in [6.45, 7) is 1.63. The molecule has 96 valence electrons. The molecule has 1 N–H and O–H groups in total. The Morgan fingerprint density at radius 1 is 1.50 bits per heavy atom. The van der Waals surface area contributed by atoms with Gasteiger partial charge in [-0.05, 0) is 18.1 Å². The van der Waals surface area contributed by atoms with E-state index in [0.29, 0.717) is 0 Å². The number of halogens is 3. The van der Waals surface area contributed by atoms with Gasteiger partial charge in [-0.15, -0.1) is 13.2 Å². The molecule has 0 radical (unpaired) electrons. The Balaban J connectivity index is 3.44. The molecular formula is C11H8F3NO3. The number of alkyl halides is 3. The Kier molecular flexibility index (Phi) is 3.81. The van der Waals surface area contributed by atoms with Crippen LogP contribution in [0.4, 0.5) is 13.2 Å². The quantitative estimate of drug-likeness (QED) is 0.905. The maximum absolute atomic E-state index is 12.1. The first-order chi connectivity index (χ1) is 8.30. The van der Waals surface area contributed by atoms with Gasteiger partial charge in [0.2, 0.25) is 0 Å². The van der Waals surface area contributed by atoms with Gasteiger partial charge in [0.05, 0.1) is 5.56 Å². The number of aryl methyl sites for hydroxylation is 1. The average Bonchev–Trinajstić information content (AvgIpc) is 2.26. The summed E-state index contributed by atoms with van der Waals surface area (Å²) >= 11 is 0. The first kappa shape index (κ1) is 13.8. The van der Waals surface area contributed by atoms with Gasteiger partial charge < -0.3 is 9.84 Å². The maximum atomic E-state index is 12.1. The molecule has 0 aliphatic rings. The van der Waals surface area contributed by atoms with Crippen LogP contribution in [-0.4, -0.2) is 17.4 Å². The van der Waals surface area contributed by atoms with Gasteiger partial charge in [-0.2, -0.15) is 5.26 Å². The highest BCUT2D eigenvalue weighted by Crippen LogP contribution is 2.30. The lowest BCUT2D eigenvalue weighted by Gasteiger charge is -2.13. The number of ether oxygens (including phenoxy) is 1. The highest BCUT2D eigenvalue weighted by molar-refractivity contribution is 5.93. The summed E-state index contributed by atoms with van der Waals surface area (Å²) in [5.41, 5.74) is -0.811. The molecule has 0 bridgehead atoms. The third-order valence-electron chi connectivity index (χ3n) is 2.19. The molecule has 4 nitrogen and oxygen atoms in total. The second-order valence-electron chi connectivity index (χ2n) is 3.29. The number of carboxylic acid groups (broad SMARTS) is 1. The first-order valence-electron chi connectivity index (χ1n) is 4.85. The second-order valence-corrected chi connectivity index (χ2v) is 3.29. The van der Waals surface area contributed by atoms with Crippen LogP contribution in [0.1, 0.15) is 28.4 Å². The van der Waals surface area contributed by atoms with Crippen molar-refractivity contribution >= 4 is 5.97 Å². The number of carboxylic acids is 1. The van der Waals surface area contributed by atoms with Crippen LogP contribution in [0.25, 0.3) is 0 Å². The number of hydrogen-bond acceptors (Lipinski definition) is 3. The zero-order chi connectivity index (χ0) is 13.9. The van der Waals surface area contributed by atoms with Crippen molar-refractivity contribution in [1.29, 1.82) is 5.26 Å². The molecule has 0 saturated carbocycles. The third-order valence-corrected chi connectivity index (χ3v) is 2.19. The zero-order valence-corrected chi connectivity index (χ0v) is 9.21. The van der Waals surface area contributed by atoms with Crippen molar-refractivity contribution in [2.24, 2.45) is 0 Å². The molecule has 0 heterocycles. The van der Waals surface area contributed by atoms with Crippen molar-refractivity contribution in [3.63, 3.8) is 0 Å². The topological polar surface area (TPSA) is 70.3 Å². The monoisotopic (exact) mass is 259 g/mol. The summed E-state index contributed by atoms with van der Waals surface area (Å²) in [6.07, 6.45) is -4.70. The van der Waals surface area contributed by atoms with Crippen LogP contribution >= 0.6 is 0 Å². The Bertz CT molecular complexity index is 517. The van der Waals surface area contributed by atoms with Gasteiger partial charge in [-0.1, -0.05) is 13.0 Å². The Hall–Kier alpha value is -2.23. The number of nitriles is 1. The van der Waals surface area contributed by atoms with Crippen LogP contribution in [0.5, 0.6) is 5.75 Å². The minimum Gasteiger partial charge on any atom is -0.478 e. The van der Waals surface area contributed by atoms with Crippen LogP contribution in [0.15, 0.2) is 12.1 Å². The van der Waals surface area contributed by atoms with Gasteiger partial charge >= 0.3 is 12.3 Å². The molecule has 0 fully saturated rings. The van der Waals surface area contributed by atoms with Crippen LogP contribution < -0.4 is 4.74 Å². The molecule has 18 heavy (non-hydrogen) atoms. The normalized spacial score (nSPS) is 10.8. The molecule has 1 aromatic carbocycles. The standard InChI is InChI=1S/C11H8F3NO3/c1-2-6-3-4-8(18-11(12,13)14)7(5-15)9(6)10(16)17/h3-4H,2H2,1H3,(H,16,17). The molecule has 0 amide bonds. The van der Waals surface area contributed by atoms with Gasteiger partial charge in [0, 0.05) is 0 Å². The van der Waals surface area contributed by atoms with Gasteiger partial charge in [-0.25, -0.2) is 4.79 Å². The molecule has 0 aliphatic carbocycles. The molecule has 7 heteroatoms. The van der Waals surface area contributed by atoms with Crippen molar-refractivity contribution in [3.8, 4) is 11.8 Å². The van der Waals surface area contributed by atoms with Gasteiger partial charge in [0.1, 0.15) is 17.4 Å². The van der Waals surface area contributed by atoms with Crippen LogP contribution in [0, 0.1) is 11.3 Å². The predicted molar refractivity (Wildman–Crippen MR) is 54.2 cm³/mol. The van der Waals surface area contributed by atoms with E-state index in [1.807, 2.05) is 0 Å². The van der Waals surface area contributed by atoms with Crippen molar-refractivity contribution in [1.82, 2.24) is 0 Å². The van der Waals surface area contributed by atoms with E-state index in [9.17, 15) is 18.0 Å². The van der Waals surface area contributed by atoms with E-state index in [1.54, 1.807) is 6.92 Å². The van der Waals surface area contributed by atoms with E-state index < -0.39 is 29.2 Å². The Morgan fingerprint density at radius 2 is 2.11 bits per heavy atom. The molecule has 1 aromatic rings. The number of nitrogens with zero attached hydrogens (tertiary/aromatic N) is 1. The number of carbonyl (C=O) groups is 1. The maximum Gasteiger partial charge on any atom is 0.573 e. The SMILES string of the molecule is CCc1ccc(OC(F)(F)F)c(C#N)c1C(=O)O. The highest BCUT2D eigenvalue weighted by Gasteiger charge is 2.33. The molecule has 0 aliphatic heterocycles. The molecule has 0 aromatic heterocycles. The molecule has 1 rings (SSSR count). The molecule has 0 saturated heterocycles. The number of aromatic carboxylic acids is 1. The fourth-order valence-corrected chi connectivity index (χ4v) is 1.49. The fraction of sp³-hybridized carbons (Fsp3) is 0.273. The summed E-state index contributed by atoms with van der Waals surface area (Å²) in [6, 6.07) is 3.58. The lowest BCUT2D eigenvalue weighted by atomic mass is 9.99. The first-order valence-corrected chi connectivity index (χ1v) is 4.85. The minimum atomic E-state index is -4.98. The zero-order valence-electron chi connectivity index (χ0n) is 9.21. The third kappa shape index (κ3) is 2.91. The summed E-state index contributed by atoms with van der Waals surface area (Å²) in [4.78, 5) is 11.0. The smallest absolute Gasteiger partial charge is 0.478 e. The molecule has 0 atom stereocenters. The van der Waals surface area contributed by atoms with Gasteiger partial charge in [-0.3, -0.25) is 0 Å². The molecule has 0 spiro atoms.